The van der Waals surface area contributed by atoms with E-state index in [1.807, 2.05) is 6.92 Å². The lowest BCUT2D eigenvalue weighted by Crippen LogP contribution is -2.52. The first-order valence-corrected chi connectivity index (χ1v) is 4.81. The second-order valence-corrected chi connectivity index (χ2v) is 3.73. The first-order chi connectivity index (χ1) is 7.19. The molecule has 0 unspecified atom stereocenters. The number of halogens is 1. The Morgan fingerprint density at radius 1 is 1.53 bits per heavy atom. The van der Waals surface area contributed by atoms with Crippen molar-refractivity contribution in [1.29, 1.82) is 0 Å². The summed E-state index contributed by atoms with van der Waals surface area (Å²) in [6, 6.07) is 4.86. The molecule has 0 N–H and O–H groups in total. The minimum Gasteiger partial charge on any atom is -0.484 e. The van der Waals surface area contributed by atoms with E-state index in [2.05, 4.69) is 0 Å². The maximum absolute atomic E-state index is 13.3. The molecule has 1 amide bonds. The number of ether oxygens (including phenoxy) is 1. The number of amides is 1. The third-order valence-electron chi connectivity index (χ3n) is 2.41. The van der Waals surface area contributed by atoms with Crippen molar-refractivity contribution in [3.05, 3.63) is 29.6 Å². The topological polar surface area (TPSA) is 29.5 Å². The van der Waals surface area contributed by atoms with Gasteiger partial charge in [-0.3, -0.25) is 4.79 Å². The molecule has 1 fully saturated rings. The van der Waals surface area contributed by atoms with Crippen LogP contribution in [0.2, 0.25) is 0 Å². The van der Waals surface area contributed by atoms with Gasteiger partial charge in [-0.25, -0.2) is 4.39 Å². The fraction of sp³-hybridized carbons (Fsp3) is 0.364. The van der Waals surface area contributed by atoms with Crippen molar-refractivity contribution in [2.45, 2.75) is 13.0 Å². The predicted molar refractivity (Wildman–Crippen MR) is 53.2 cm³/mol. The van der Waals surface area contributed by atoms with E-state index in [0.717, 1.165) is 12.0 Å². The van der Waals surface area contributed by atoms with Crippen molar-refractivity contribution in [3.63, 3.8) is 0 Å². The van der Waals surface area contributed by atoms with Crippen molar-refractivity contribution in [2.24, 2.45) is 0 Å². The molecule has 0 bridgehead atoms. The fourth-order valence-corrected chi connectivity index (χ4v) is 1.51. The molecule has 80 valence electrons. The molecular formula is C11H12FNO2. The molecule has 1 aliphatic heterocycles. The molecule has 4 heteroatoms. The largest absolute Gasteiger partial charge is 0.484 e. The zero-order valence-corrected chi connectivity index (χ0v) is 8.44. The third-order valence-corrected chi connectivity index (χ3v) is 2.41. The van der Waals surface area contributed by atoms with Crippen LogP contribution in [0.3, 0.4) is 0 Å². The normalized spacial score (nSPS) is 16.0. The maximum Gasteiger partial charge on any atom is 0.209 e. The van der Waals surface area contributed by atoms with Crippen LogP contribution < -0.4 is 4.74 Å². The number of carbonyl (C=O) groups excluding carboxylic acids is 1. The van der Waals surface area contributed by atoms with E-state index in [0.29, 0.717) is 13.1 Å². The number of nitrogens with zero attached hydrogens (tertiary/aromatic N) is 1. The van der Waals surface area contributed by atoms with Crippen molar-refractivity contribution in [3.8, 4) is 5.75 Å². The summed E-state index contributed by atoms with van der Waals surface area (Å²) in [4.78, 5) is 11.9. The minimum absolute atomic E-state index is 0.0765. The van der Waals surface area contributed by atoms with Crippen LogP contribution in [0.15, 0.2) is 18.2 Å². The molecule has 3 nitrogen and oxygen atoms in total. The summed E-state index contributed by atoms with van der Waals surface area (Å²) in [7, 11) is 0. The molecule has 2 rings (SSSR count). The Bertz CT molecular complexity index is 375. The average molecular weight is 209 g/mol. The molecule has 0 atom stereocenters. The first kappa shape index (κ1) is 9.96. The van der Waals surface area contributed by atoms with E-state index < -0.39 is 0 Å². The summed E-state index contributed by atoms with van der Waals surface area (Å²) in [5, 5.41) is 0. The predicted octanol–water partition coefficient (Wildman–Crippen LogP) is 1.35. The highest BCUT2D eigenvalue weighted by Gasteiger charge is 2.27. The van der Waals surface area contributed by atoms with Gasteiger partial charge >= 0.3 is 0 Å². The first-order valence-electron chi connectivity index (χ1n) is 4.81. The van der Waals surface area contributed by atoms with Crippen LogP contribution in [0.1, 0.15) is 5.56 Å². The third kappa shape index (κ3) is 2.09. The highest BCUT2D eigenvalue weighted by Crippen LogP contribution is 2.21. The van der Waals surface area contributed by atoms with E-state index in [1.165, 1.54) is 6.07 Å². The Morgan fingerprint density at radius 2 is 2.27 bits per heavy atom. The maximum atomic E-state index is 13.3. The van der Waals surface area contributed by atoms with Gasteiger partial charge in [0.15, 0.2) is 11.6 Å². The molecular weight excluding hydrogens is 197 g/mol. The molecule has 0 radical (unpaired) electrons. The fourth-order valence-electron chi connectivity index (χ4n) is 1.51. The lowest BCUT2D eigenvalue weighted by molar-refractivity contribution is -0.126. The van der Waals surface area contributed by atoms with Gasteiger partial charge in [-0.05, 0) is 24.6 Å². The lowest BCUT2D eigenvalue weighted by Gasteiger charge is -2.36. The minimum atomic E-state index is -0.348. The van der Waals surface area contributed by atoms with Crippen LogP contribution in [0.25, 0.3) is 0 Å². The summed E-state index contributed by atoms with van der Waals surface area (Å²) in [5.74, 6) is -0.0873. The standard InChI is InChI=1S/C11H12FNO2/c1-8-2-3-11(10(12)4-8)15-9-5-13(6-9)7-14/h2-4,7,9H,5-6H2,1H3. The van der Waals surface area contributed by atoms with Crippen molar-refractivity contribution < 1.29 is 13.9 Å². The second-order valence-electron chi connectivity index (χ2n) is 3.73. The van der Waals surface area contributed by atoms with Gasteiger partial charge in [-0.15, -0.1) is 0 Å². The Labute approximate surface area is 87.5 Å². The number of carbonyl (C=O) groups is 1. The number of hydrogen-bond acceptors (Lipinski definition) is 2. The number of rotatable bonds is 3. The highest BCUT2D eigenvalue weighted by atomic mass is 19.1. The van der Waals surface area contributed by atoms with E-state index in [1.54, 1.807) is 17.0 Å². The van der Waals surface area contributed by atoms with Crippen LogP contribution >= 0.6 is 0 Å². The number of benzene rings is 1. The Kier molecular flexibility index (Phi) is 2.58. The zero-order valence-electron chi connectivity index (χ0n) is 8.44. The smallest absolute Gasteiger partial charge is 0.209 e. The molecule has 0 aliphatic carbocycles. The average Bonchev–Trinajstić information content (AvgIpc) is 2.13. The van der Waals surface area contributed by atoms with Crippen LogP contribution in [0.4, 0.5) is 4.39 Å². The van der Waals surface area contributed by atoms with E-state index in [9.17, 15) is 9.18 Å². The SMILES string of the molecule is Cc1ccc(OC2CN(C=O)C2)c(F)c1. The van der Waals surface area contributed by atoms with Gasteiger partial charge in [0.1, 0.15) is 6.10 Å². The summed E-state index contributed by atoms with van der Waals surface area (Å²) in [6.45, 7) is 2.90. The van der Waals surface area contributed by atoms with E-state index in [4.69, 9.17) is 4.74 Å². The van der Waals surface area contributed by atoms with Crippen molar-refractivity contribution in [2.75, 3.05) is 13.1 Å². The molecule has 0 aromatic heterocycles. The summed E-state index contributed by atoms with van der Waals surface area (Å²) in [6.07, 6.45) is 0.693. The van der Waals surface area contributed by atoms with Gasteiger partial charge in [0.25, 0.3) is 0 Å². The van der Waals surface area contributed by atoms with E-state index in [-0.39, 0.29) is 17.7 Å². The highest BCUT2D eigenvalue weighted by molar-refractivity contribution is 5.49. The summed E-state index contributed by atoms with van der Waals surface area (Å²) < 4.78 is 18.7. The van der Waals surface area contributed by atoms with Crippen LogP contribution in [0.5, 0.6) is 5.75 Å². The van der Waals surface area contributed by atoms with Crippen LogP contribution in [-0.2, 0) is 4.79 Å². The molecule has 1 saturated heterocycles. The van der Waals surface area contributed by atoms with Gasteiger partial charge < -0.3 is 9.64 Å². The Hall–Kier alpha value is -1.58. The zero-order chi connectivity index (χ0) is 10.8. The number of aryl methyl sites for hydroxylation is 1. The van der Waals surface area contributed by atoms with Crippen LogP contribution in [0, 0.1) is 12.7 Å². The number of likely N-dealkylation sites (tertiary alicyclic amines) is 1. The lowest BCUT2D eigenvalue weighted by atomic mass is 10.2. The Balaban J connectivity index is 1.97. The van der Waals surface area contributed by atoms with Gasteiger partial charge in [-0.2, -0.15) is 0 Å². The van der Waals surface area contributed by atoms with Crippen molar-refractivity contribution >= 4 is 6.41 Å². The molecule has 0 saturated carbocycles. The molecule has 1 aliphatic rings. The quantitative estimate of drug-likeness (QED) is 0.703. The van der Waals surface area contributed by atoms with Crippen molar-refractivity contribution in [1.82, 2.24) is 4.90 Å². The van der Waals surface area contributed by atoms with Gasteiger partial charge in [0, 0.05) is 0 Å². The van der Waals surface area contributed by atoms with Gasteiger partial charge in [-0.1, -0.05) is 6.07 Å². The van der Waals surface area contributed by atoms with E-state index >= 15 is 0 Å². The molecule has 1 heterocycles. The van der Waals surface area contributed by atoms with Crippen LogP contribution in [-0.4, -0.2) is 30.5 Å². The molecule has 1 aromatic carbocycles. The second kappa shape index (κ2) is 3.88. The monoisotopic (exact) mass is 209 g/mol. The van der Waals surface area contributed by atoms with Gasteiger partial charge in [0.2, 0.25) is 6.41 Å². The summed E-state index contributed by atoms with van der Waals surface area (Å²) >= 11 is 0. The van der Waals surface area contributed by atoms with Gasteiger partial charge in [0.05, 0.1) is 13.1 Å². The molecule has 15 heavy (non-hydrogen) atoms. The summed E-state index contributed by atoms with van der Waals surface area (Å²) in [5.41, 5.74) is 0.864. The Morgan fingerprint density at radius 3 is 2.87 bits per heavy atom. The molecule has 0 spiro atoms. The molecule has 1 aromatic rings. The number of hydrogen-bond donors (Lipinski definition) is 0.